The Bertz CT molecular complexity index is 808. The summed E-state index contributed by atoms with van der Waals surface area (Å²) in [6.45, 7) is 5.96. The number of amides is 1. The van der Waals surface area contributed by atoms with E-state index in [2.05, 4.69) is 12.2 Å². The molecule has 1 N–H and O–H groups in total. The van der Waals surface area contributed by atoms with Crippen molar-refractivity contribution in [2.75, 3.05) is 6.61 Å². The minimum Gasteiger partial charge on any atom is -0.464 e. The van der Waals surface area contributed by atoms with Crippen molar-refractivity contribution in [2.24, 2.45) is 5.92 Å². The minimum absolute atomic E-state index is 0.0998. The van der Waals surface area contributed by atoms with Crippen LogP contribution in [0.2, 0.25) is 0 Å². The Labute approximate surface area is 154 Å². The molecule has 1 aliphatic carbocycles. The first-order valence-electron chi connectivity index (χ1n) is 9.37. The van der Waals surface area contributed by atoms with Crippen LogP contribution in [0.1, 0.15) is 49.3 Å². The van der Waals surface area contributed by atoms with Crippen molar-refractivity contribution in [3.63, 3.8) is 0 Å². The number of fused-ring (bicyclic) bond motifs is 1. The second-order valence-electron chi connectivity index (χ2n) is 7.42. The molecule has 1 aliphatic rings. The molecule has 1 amide bonds. The topological polar surface area (TPSA) is 68.5 Å². The van der Waals surface area contributed by atoms with E-state index < -0.39 is 5.97 Å². The number of nitrogens with one attached hydrogen (secondary N) is 1. The molecule has 3 rings (SSSR count). The fourth-order valence-corrected chi connectivity index (χ4v) is 3.66. The van der Waals surface area contributed by atoms with Gasteiger partial charge in [-0.05, 0) is 43.7 Å². The number of esters is 1. The van der Waals surface area contributed by atoms with Crippen molar-refractivity contribution in [3.05, 3.63) is 35.1 Å². The van der Waals surface area contributed by atoms with Gasteiger partial charge in [0.25, 0.3) is 5.91 Å². The summed E-state index contributed by atoms with van der Waals surface area (Å²) in [6.07, 6.45) is 6.20. The number of rotatable bonds is 5. The zero-order chi connectivity index (χ0) is 18.7. The van der Waals surface area contributed by atoms with Gasteiger partial charge < -0.3 is 14.5 Å². The Morgan fingerprint density at radius 2 is 2.00 bits per heavy atom. The maximum Gasteiger partial charge on any atom is 0.310 e. The highest BCUT2D eigenvalue weighted by atomic mass is 16.5. The molecule has 0 radical (unpaired) electrons. The number of carbonyl (C=O) groups excluding carboxylic acids is 2. The van der Waals surface area contributed by atoms with Crippen LogP contribution >= 0.6 is 0 Å². The van der Waals surface area contributed by atoms with E-state index in [-0.39, 0.29) is 25.0 Å². The summed E-state index contributed by atoms with van der Waals surface area (Å²) in [5.41, 5.74) is 3.81. The molecule has 5 heteroatoms. The monoisotopic (exact) mass is 357 g/mol. The largest absolute Gasteiger partial charge is 0.464 e. The predicted octanol–water partition coefficient (Wildman–Crippen LogP) is 3.83. The Kier molecular flexibility index (Phi) is 5.64. The Morgan fingerprint density at radius 1 is 1.23 bits per heavy atom. The Morgan fingerprint density at radius 3 is 2.77 bits per heavy atom. The van der Waals surface area contributed by atoms with E-state index in [1.807, 2.05) is 26.0 Å². The van der Waals surface area contributed by atoms with Crippen molar-refractivity contribution in [1.82, 2.24) is 5.32 Å². The molecular weight excluding hydrogens is 330 g/mol. The highest BCUT2D eigenvalue weighted by Gasteiger charge is 2.23. The molecule has 26 heavy (non-hydrogen) atoms. The first-order valence-corrected chi connectivity index (χ1v) is 9.37. The quantitative estimate of drug-likeness (QED) is 0.826. The number of furan rings is 1. The predicted molar refractivity (Wildman–Crippen MR) is 99.9 cm³/mol. The van der Waals surface area contributed by atoms with E-state index in [1.165, 1.54) is 6.42 Å². The van der Waals surface area contributed by atoms with Crippen molar-refractivity contribution in [3.8, 4) is 0 Å². The van der Waals surface area contributed by atoms with Crippen LogP contribution in [0.15, 0.2) is 22.8 Å². The van der Waals surface area contributed by atoms with Crippen LogP contribution < -0.4 is 5.32 Å². The van der Waals surface area contributed by atoms with Gasteiger partial charge in [0.2, 0.25) is 0 Å². The molecule has 2 atom stereocenters. The van der Waals surface area contributed by atoms with Gasteiger partial charge in [-0.3, -0.25) is 9.59 Å². The van der Waals surface area contributed by atoms with Gasteiger partial charge in [-0.25, -0.2) is 0 Å². The van der Waals surface area contributed by atoms with E-state index in [0.29, 0.717) is 5.92 Å². The third-order valence-electron chi connectivity index (χ3n) is 5.50. The fraction of sp³-hybridized carbons (Fsp3) is 0.524. The molecule has 0 bridgehead atoms. The summed E-state index contributed by atoms with van der Waals surface area (Å²) in [4.78, 5) is 24.2. The highest BCUT2D eigenvalue weighted by Crippen LogP contribution is 2.27. The van der Waals surface area contributed by atoms with Gasteiger partial charge >= 0.3 is 5.97 Å². The van der Waals surface area contributed by atoms with Gasteiger partial charge in [-0.15, -0.1) is 0 Å². The lowest BCUT2D eigenvalue weighted by molar-refractivity contribution is -0.148. The maximum atomic E-state index is 12.1. The smallest absolute Gasteiger partial charge is 0.310 e. The van der Waals surface area contributed by atoms with Gasteiger partial charge in [-0.2, -0.15) is 0 Å². The van der Waals surface area contributed by atoms with Crippen molar-refractivity contribution in [2.45, 2.75) is 58.9 Å². The third kappa shape index (κ3) is 4.09. The first-order chi connectivity index (χ1) is 12.5. The van der Waals surface area contributed by atoms with Crippen molar-refractivity contribution in [1.29, 1.82) is 0 Å². The number of hydrogen-bond acceptors (Lipinski definition) is 4. The number of benzene rings is 1. The molecular formula is C21H27NO4. The van der Waals surface area contributed by atoms with Gasteiger partial charge in [-0.1, -0.05) is 31.9 Å². The molecule has 0 unspecified atom stereocenters. The lowest BCUT2D eigenvalue weighted by Gasteiger charge is -2.29. The molecule has 140 valence electrons. The molecule has 0 spiro atoms. The van der Waals surface area contributed by atoms with Crippen LogP contribution in [0.25, 0.3) is 11.0 Å². The number of hydrogen-bond donors (Lipinski definition) is 1. The second kappa shape index (κ2) is 7.94. The van der Waals surface area contributed by atoms with E-state index in [1.54, 1.807) is 6.26 Å². The summed E-state index contributed by atoms with van der Waals surface area (Å²) in [5, 5.41) is 3.91. The summed E-state index contributed by atoms with van der Waals surface area (Å²) < 4.78 is 10.8. The average Bonchev–Trinajstić information content (AvgIpc) is 3.02. The third-order valence-corrected chi connectivity index (χ3v) is 5.50. The molecule has 1 fully saturated rings. The standard InChI is InChI=1S/C21H27NO4/c1-13-8-9-17-16(11-26-21(17)15(13)3)10-20(24)25-12-19(23)22-18-7-5-4-6-14(18)2/h8-9,11,14,18H,4-7,10,12H2,1-3H3,(H,22,23)/t14-,18+/m0/s1. The lowest BCUT2D eigenvalue weighted by Crippen LogP contribution is -2.42. The molecule has 1 heterocycles. The van der Waals surface area contributed by atoms with Gasteiger partial charge in [0.05, 0.1) is 12.7 Å². The van der Waals surface area contributed by atoms with Gasteiger partial charge in [0.15, 0.2) is 6.61 Å². The summed E-state index contributed by atoms with van der Waals surface area (Å²) in [7, 11) is 0. The van der Waals surface area contributed by atoms with Crippen molar-refractivity contribution >= 4 is 22.8 Å². The van der Waals surface area contributed by atoms with Crippen LogP contribution in [0.5, 0.6) is 0 Å². The highest BCUT2D eigenvalue weighted by molar-refractivity contribution is 5.89. The van der Waals surface area contributed by atoms with Crippen LogP contribution in [0, 0.1) is 19.8 Å². The Balaban J connectivity index is 1.53. The van der Waals surface area contributed by atoms with Gasteiger partial charge in [0.1, 0.15) is 5.58 Å². The fourth-order valence-electron chi connectivity index (χ4n) is 3.66. The molecule has 5 nitrogen and oxygen atoms in total. The van der Waals surface area contributed by atoms with Crippen LogP contribution in [0.3, 0.4) is 0 Å². The second-order valence-corrected chi connectivity index (χ2v) is 7.42. The number of carbonyl (C=O) groups is 2. The molecule has 1 aromatic heterocycles. The van der Waals surface area contributed by atoms with Crippen LogP contribution in [-0.4, -0.2) is 24.5 Å². The Hall–Kier alpha value is -2.30. The maximum absolute atomic E-state index is 12.1. The van der Waals surface area contributed by atoms with Gasteiger partial charge in [0, 0.05) is 17.0 Å². The summed E-state index contributed by atoms with van der Waals surface area (Å²) >= 11 is 0. The average molecular weight is 357 g/mol. The number of aryl methyl sites for hydroxylation is 2. The first kappa shape index (κ1) is 18.5. The van der Waals surface area contributed by atoms with E-state index in [9.17, 15) is 9.59 Å². The molecule has 1 aromatic carbocycles. The molecule has 1 saturated carbocycles. The summed E-state index contributed by atoms with van der Waals surface area (Å²) in [6, 6.07) is 4.17. The molecule has 2 aromatic rings. The lowest BCUT2D eigenvalue weighted by atomic mass is 9.86. The SMILES string of the molecule is Cc1ccc2c(CC(=O)OCC(=O)N[C@@H]3CCCC[C@@H]3C)coc2c1C. The normalized spacial score (nSPS) is 20.1. The van der Waals surface area contributed by atoms with E-state index in [4.69, 9.17) is 9.15 Å². The molecule has 0 saturated heterocycles. The van der Waals surface area contributed by atoms with E-state index in [0.717, 1.165) is 46.9 Å². The summed E-state index contributed by atoms with van der Waals surface area (Å²) in [5.74, 6) is -0.161. The zero-order valence-electron chi connectivity index (χ0n) is 15.8. The zero-order valence-corrected chi connectivity index (χ0v) is 15.8. The molecule has 0 aliphatic heterocycles. The minimum atomic E-state index is -0.419. The van der Waals surface area contributed by atoms with Crippen LogP contribution in [0.4, 0.5) is 0 Å². The number of ether oxygens (including phenoxy) is 1. The van der Waals surface area contributed by atoms with E-state index >= 15 is 0 Å². The van der Waals surface area contributed by atoms with Crippen LogP contribution in [-0.2, 0) is 20.7 Å². The van der Waals surface area contributed by atoms with Crippen molar-refractivity contribution < 1.29 is 18.7 Å².